The van der Waals surface area contributed by atoms with Gasteiger partial charge in [-0.1, -0.05) is 11.6 Å². The average molecular weight is 304 g/mol. The van der Waals surface area contributed by atoms with Gasteiger partial charge in [0.25, 0.3) is 0 Å². The summed E-state index contributed by atoms with van der Waals surface area (Å²) < 4.78 is 10.5. The number of fused-ring (bicyclic) bond motifs is 1. The number of imidazole rings is 1. The van der Waals surface area contributed by atoms with Crippen molar-refractivity contribution >= 4 is 28.3 Å². The summed E-state index contributed by atoms with van der Waals surface area (Å²) in [5.74, 6) is 2.00. The molecule has 0 radical (unpaired) electrons. The van der Waals surface area contributed by atoms with E-state index < -0.39 is 0 Å². The summed E-state index contributed by atoms with van der Waals surface area (Å²) in [4.78, 5) is 7.73. The number of aromatic nitrogens is 2. The Bertz CT molecular complexity index is 814. The van der Waals surface area contributed by atoms with Crippen LogP contribution in [0.5, 0.6) is 11.5 Å². The van der Waals surface area contributed by atoms with Gasteiger partial charge in [-0.25, -0.2) is 4.98 Å². The number of nitrogens with two attached hydrogens (primary N) is 1. The molecule has 0 bridgehead atoms. The van der Waals surface area contributed by atoms with Gasteiger partial charge in [0.15, 0.2) is 11.5 Å². The van der Waals surface area contributed by atoms with E-state index in [1.54, 1.807) is 26.4 Å². The van der Waals surface area contributed by atoms with Crippen molar-refractivity contribution in [2.24, 2.45) is 0 Å². The van der Waals surface area contributed by atoms with Crippen LogP contribution < -0.4 is 15.2 Å². The zero-order valence-electron chi connectivity index (χ0n) is 11.6. The maximum Gasteiger partial charge on any atom is 0.161 e. The van der Waals surface area contributed by atoms with Crippen LogP contribution in [0.2, 0.25) is 5.02 Å². The van der Waals surface area contributed by atoms with Crippen molar-refractivity contribution in [1.29, 1.82) is 0 Å². The molecule has 2 aromatic carbocycles. The second-order valence-corrected chi connectivity index (χ2v) is 4.98. The number of anilines is 1. The van der Waals surface area contributed by atoms with Gasteiger partial charge in [-0.05, 0) is 30.3 Å². The maximum absolute atomic E-state index is 6.00. The van der Waals surface area contributed by atoms with Crippen molar-refractivity contribution in [3.05, 3.63) is 35.4 Å². The smallest absolute Gasteiger partial charge is 0.161 e. The van der Waals surface area contributed by atoms with Gasteiger partial charge in [-0.2, -0.15) is 0 Å². The van der Waals surface area contributed by atoms with Crippen LogP contribution in [0.15, 0.2) is 30.3 Å². The van der Waals surface area contributed by atoms with Gasteiger partial charge in [0.1, 0.15) is 11.3 Å². The summed E-state index contributed by atoms with van der Waals surface area (Å²) in [7, 11) is 3.19. The zero-order chi connectivity index (χ0) is 15.0. The highest BCUT2D eigenvalue weighted by molar-refractivity contribution is 6.31. The number of halogens is 1. The third-order valence-electron chi connectivity index (χ3n) is 3.24. The molecule has 3 N–H and O–H groups in total. The largest absolute Gasteiger partial charge is 0.493 e. The van der Waals surface area contributed by atoms with E-state index >= 15 is 0 Å². The molecular formula is C15H14ClN3O2. The summed E-state index contributed by atoms with van der Waals surface area (Å²) in [5, 5.41) is 0.572. The number of aromatic amines is 1. The number of nitrogens with one attached hydrogen (secondary N) is 1. The number of H-pyrrole nitrogens is 1. The second-order valence-electron chi connectivity index (χ2n) is 4.55. The summed E-state index contributed by atoms with van der Waals surface area (Å²) in [5.41, 5.74) is 8.85. The molecule has 0 aliphatic rings. The van der Waals surface area contributed by atoms with E-state index in [1.807, 2.05) is 18.2 Å². The topological polar surface area (TPSA) is 73.2 Å². The molecule has 0 unspecified atom stereocenters. The highest BCUT2D eigenvalue weighted by atomic mass is 35.5. The van der Waals surface area contributed by atoms with Gasteiger partial charge in [-0.15, -0.1) is 0 Å². The molecule has 0 atom stereocenters. The fourth-order valence-electron chi connectivity index (χ4n) is 2.23. The lowest BCUT2D eigenvalue weighted by atomic mass is 10.2. The van der Waals surface area contributed by atoms with Crippen molar-refractivity contribution in [3.8, 4) is 22.9 Å². The van der Waals surface area contributed by atoms with Crippen LogP contribution >= 0.6 is 11.6 Å². The molecule has 0 saturated carbocycles. The third-order valence-corrected chi connectivity index (χ3v) is 3.46. The molecule has 6 heteroatoms. The Hall–Kier alpha value is -2.40. The predicted molar refractivity (Wildman–Crippen MR) is 84.1 cm³/mol. The van der Waals surface area contributed by atoms with Gasteiger partial charge in [-0.3, -0.25) is 0 Å². The summed E-state index contributed by atoms with van der Waals surface area (Å²) in [6, 6.07) is 9.07. The van der Waals surface area contributed by atoms with Crippen LogP contribution in [-0.4, -0.2) is 24.2 Å². The van der Waals surface area contributed by atoms with E-state index in [4.69, 9.17) is 26.8 Å². The molecule has 1 aromatic heterocycles. The van der Waals surface area contributed by atoms with E-state index in [1.165, 1.54) is 0 Å². The fraction of sp³-hybridized carbons (Fsp3) is 0.133. The van der Waals surface area contributed by atoms with Gasteiger partial charge in [0.05, 0.1) is 25.4 Å². The van der Waals surface area contributed by atoms with E-state index in [2.05, 4.69) is 9.97 Å². The first-order valence-electron chi connectivity index (χ1n) is 6.29. The SMILES string of the molecule is COc1ccc(-c2nc3c(N)cc(Cl)cc3[nH]2)cc1OC. The molecule has 0 aliphatic heterocycles. The van der Waals surface area contributed by atoms with E-state index in [-0.39, 0.29) is 0 Å². The second kappa shape index (κ2) is 5.18. The predicted octanol–water partition coefficient (Wildman–Crippen LogP) is 3.48. The molecule has 3 rings (SSSR count). The third kappa shape index (κ3) is 2.36. The summed E-state index contributed by atoms with van der Waals surface area (Å²) in [6.07, 6.45) is 0. The zero-order valence-corrected chi connectivity index (χ0v) is 12.4. The minimum absolute atomic E-state index is 0.542. The van der Waals surface area contributed by atoms with E-state index in [0.29, 0.717) is 33.6 Å². The lowest BCUT2D eigenvalue weighted by Crippen LogP contribution is -1.91. The maximum atomic E-state index is 6.00. The molecule has 108 valence electrons. The monoisotopic (exact) mass is 303 g/mol. The lowest BCUT2D eigenvalue weighted by molar-refractivity contribution is 0.355. The van der Waals surface area contributed by atoms with Crippen LogP contribution in [0.25, 0.3) is 22.4 Å². The number of hydrogen-bond donors (Lipinski definition) is 2. The van der Waals surface area contributed by atoms with Crippen molar-refractivity contribution < 1.29 is 9.47 Å². The number of nitrogens with zero attached hydrogens (tertiary/aromatic N) is 1. The Morgan fingerprint density at radius 3 is 2.57 bits per heavy atom. The number of methoxy groups -OCH3 is 2. The first-order chi connectivity index (χ1) is 10.1. The van der Waals surface area contributed by atoms with Gasteiger partial charge < -0.3 is 20.2 Å². The Morgan fingerprint density at radius 1 is 1.10 bits per heavy atom. The number of benzene rings is 2. The summed E-state index contributed by atoms with van der Waals surface area (Å²) in [6.45, 7) is 0. The van der Waals surface area contributed by atoms with Gasteiger partial charge >= 0.3 is 0 Å². The highest BCUT2D eigenvalue weighted by Gasteiger charge is 2.11. The van der Waals surface area contributed by atoms with Gasteiger partial charge in [0.2, 0.25) is 0 Å². The fourth-order valence-corrected chi connectivity index (χ4v) is 2.45. The Balaban J connectivity index is 2.14. The van der Waals surface area contributed by atoms with Crippen LogP contribution in [-0.2, 0) is 0 Å². The Kier molecular flexibility index (Phi) is 3.35. The first kappa shape index (κ1) is 13.6. The molecule has 5 nitrogen and oxygen atoms in total. The minimum atomic E-state index is 0.542. The van der Waals surface area contributed by atoms with E-state index in [0.717, 1.165) is 11.1 Å². The highest BCUT2D eigenvalue weighted by Crippen LogP contribution is 2.33. The minimum Gasteiger partial charge on any atom is -0.493 e. The number of hydrogen-bond acceptors (Lipinski definition) is 4. The van der Waals surface area contributed by atoms with Crippen LogP contribution in [0, 0.1) is 0 Å². The van der Waals surface area contributed by atoms with Crippen LogP contribution in [0.3, 0.4) is 0 Å². The lowest BCUT2D eigenvalue weighted by Gasteiger charge is -2.08. The molecule has 21 heavy (non-hydrogen) atoms. The van der Waals surface area contributed by atoms with Gasteiger partial charge in [0, 0.05) is 10.6 Å². The molecule has 0 spiro atoms. The van der Waals surface area contributed by atoms with Crippen molar-refractivity contribution in [2.45, 2.75) is 0 Å². The van der Waals surface area contributed by atoms with Crippen LogP contribution in [0.1, 0.15) is 0 Å². The average Bonchev–Trinajstić information content (AvgIpc) is 2.90. The molecule has 1 heterocycles. The number of ether oxygens (including phenoxy) is 2. The molecule has 3 aromatic rings. The quantitative estimate of drug-likeness (QED) is 0.727. The number of rotatable bonds is 3. The standard InChI is InChI=1S/C15H14ClN3O2/c1-20-12-4-3-8(5-13(12)21-2)15-18-11-7-9(16)6-10(17)14(11)19-15/h3-7H,17H2,1-2H3,(H,18,19). The molecule has 0 saturated heterocycles. The summed E-state index contributed by atoms with van der Waals surface area (Å²) >= 11 is 6.00. The number of nitrogen functional groups attached to an aromatic ring is 1. The Morgan fingerprint density at radius 2 is 1.86 bits per heavy atom. The van der Waals surface area contributed by atoms with Crippen LogP contribution in [0.4, 0.5) is 5.69 Å². The Labute approximate surface area is 126 Å². The van der Waals surface area contributed by atoms with E-state index in [9.17, 15) is 0 Å². The van der Waals surface area contributed by atoms with Crippen molar-refractivity contribution in [1.82, 2.24) is 9.97 Å². The normalized spacial score (nSPS) is 10.8. The first-order valence-corrected chi connectivity index (χ1v) is 6.67. The molecule has 0 amide bonds. The molecule has 0 fully saturated rings. The van der Waals surface area contributed by atoms with Crippen molar-refractivity contribution in [3.63, 3.8) is 0 Å². The van der Waals surface area contributed by atoms with Crippen molar-refractivity contribution in [2.75, 3.05) is 20.0 Å². The molecular weight excluding hydrogens is 290 g/mol. The molecule has 0 aliphatic carbocycles.